The van der Waals surface area contributed by atoms with Crippen molar-refractivity contribution < 1.29 is 13.2 Å². The standard InChI is InChI=1S/C19H19F3/c1-2-4-12-7-8-13-10-16(18(21)11-14(13)9-12)15-5-3-6-17(20)19(15)22/h3,5-6,10-12H,2,4,7-9H2,1H3. The summed E-state index contributed by atoms with van der Waals surface area (Å²) in [6, 6.07) is 7.09. The van der Waals surface area contributed by atoms with Crippen LogP contribution in [0.15, 0.2) is 30.3 Å². The van der Waals surface area contributed by atoms with Crippen molar-refractivity contribution >= 4 is 0 Å². The minimum Gasteiger partial charge on any atom is -0.206 e. The molecule has 0 radical (unpaired) electrons. The molecule has 0 aromatic heterocycles. The van der Waals surface area contributed by atoms with Crippen LogP contribution < -0.4 is 0 Å². The third-order valence-corrected chi connectivity index (χ3v) is 4.56. The van der Waals surface area contributed by atoms with Crippen molar-refractivity contribution in [3.8, 4) is 11.1 Å². The second-order valence-electron chi connectivity index (χ2n) is 6.10. The Morgan fingerprint density at radius 1 is 1.00 bits per heavy atom. The summed E-state index contributed by atoms with van der Waals surface area (Å²) in [7, 11) is 0. The molecule has 116 valence electrons. The molecule has 0 aliphatic heterocycles. The first-order chi connectivity index (χ1) is 10.6. The fourth-order valence-electron chi connectivity index (χ4n) is 3.43. The van der Waals surface area contributed by atoms with Gasteiger partial charge in [0.05, 0.1) is 0 Å². The second kappa shape index (κ2) is 6.15. The van der Waals surface area contributed by atoms with E-state index in [1.165, 1.54) is 18.2 Å². The van der Waals surface area contributed by atoms with E-state index in [2.05, 4.69) is 6.92 Å². The summed E-state index contributed by atoms with van der Waals surface area (Å²) in [5.41, 5.74) is 2.23. The van der Waals surface area contributed by atoms with Crippen LogP contribution in [0.2, 0.25) is 0 Å². The third kappa shape index (κ3) is 2.77. The maximum atomic E-state index is 14.4. The maximum Gasteiger partial charge on any atom is 0.166 e. The monoisotopic (exact) mass is 304 g/mol. The van der Waals surface area contributed by atoms with Crippen LogP contribution in [0.1, 0.15) is 37.3 Å². The van der Waals surface area contributed by atoms with Crippen LogP contribution in [0.25, 0.3) is 11.1 Å². The summed E-state index contributed by atoms with van der Waals surface area (Å²) < 4.78 is 41.7. The molecule has 1 aliphatic rings. The fraction of sp³-hybridized carbons (Fsp3) is 0.368. The zero-order valence-corrected chi connectivity index (χ0v) is 12.6. The van der Waals surface area contributed by atoms with Gasteiger partial charge in [0.2, 0.25) is 0 Å². The maximum absolute atomic E-state index is 14.4. The topological polar surface area (TPSA) is 0 Å². The highest BCUT2D eigenvalue weighted by molar-refractivity contribution is 5.66. The molecule has 0 bridgehead atoms. The first kappa shape index (κ1) is 15.1. The summed E-state index contributed by atoms with van der Waals surface area (Å²) in [6.07, 6.45) is 5.13. The zero-order chi connectivity index (χ0) is 15.7. The molecule has 0 saturated carbocycles. The highest BCUT2D eigenvalue weighted by Gasteiger charge is 2.22. The van der Waals surface area contributed by atoms with Crippen LogP contribution in [0.3, 0.4) is 0 Å². The molecule has 3 rings (SSSR count). The Morgan fingerprint density at radius 3 is 2.59 bits per heavy atom. The van der Waals surface area contributed by atoms with Gasteiger partial charge in [-0.05, 0) is 54.5 Å². The van der Waals surface area contributed by atoms with Crippen LogP contribution in [-0.4, -0.2) is 0 Å². The van der Waals surface area contributed by atoms with Crippen LogP contribution in [0.5, 0.6) is 0 Å². The van der Waals surface area contributed by atoms with Gasteiger partial charge in [-0.25, -0.2) is 13.2 Å². The number of hydrogen-bond donors (Lipinski definition) is 0. The predicted octanol–water partition coefficient (Wildman–Crippen LogP) is 5.68. The quantitative estimate of drug-likeness (QED) is 0.684. The molecule has 0 saturated heterocycles. The van der Waals surface area contributed by atoms with Gasteiger partial charge in [0, 0.05) is 11.1 Å². The van der Waals surface area contributed by atoms with Gasteiger partial charge in [0.1, 0.15) is 5.82 Å². The van der Waals surface area contributed by atoms with Crippen molar-refractivity contribution in [1.29, 1.82) is 0 Å². The van der Waals surface area contributed by atoms with Crippen LogP contribution in [0, 0.1) is 23.4 Å². The Labute approximate surface area is 129 Å². The SMILES string of the molecule is CCCC1CCc2cc(-c3cccc(F)c3F)c(F)cc2C1. The smallest absolute Gasteiger partial charge is 0.166 e. The highest BCUT2D eigenvalue weighted by Crippen LogP contribution is 2.34. The Bertz CT molecular complexity index is 691. The third-order valence-electron chi connectivity index (χ3n) is 4.56. The van der Waals surface area contributed by atoms with Gasteiger partial charge < -0.3 is 0 Å². The van der Waals surface area contributed by atoms with Crippen molar-refractivity contribution in [2.75, 3.05) is 0 Å². The molecule has 0 amide bonds. The van der Waals surface area contributed by atoms with E-state index in [0.29, 0.717) is 5.92 Å². The predicted molar refractivity (Wildman–Crippen MR) is 82.2 cm³/mol. The molecule has 22 heavy (non-hydrogen) atoms. The molecular formula is C19H19F3. The molecule has 0 nitrogen and oxygen atoms in total. The van der Waals surface area contributed by atoms with Gasteiger partial charge in [0.25, 0.3) is 0 Å². The van der Waals surface area contributed by atoms with Gasteiger partial charge in [-0.3, -0.25) is 0 Å². The summed E-state index contributed by atoms with van der Waals surface area (Å²) in [5.74, 6) is -1.80. The first-order valence-electron chi connectivity index (χ1n) is 7.85. The van der Waals surface area contributed by atoms with Crippen molar-refractivity contribution in [3.05, 3.63) is 58.9 Å². The summed E-state index contributed by atoms with van der Waals surface area (Å²) in [5, 5.41) is 0. The van der Waals surface area contributed by atoms with Gasteiger partial charge in [-0.15, -0.1) is 0 Å². The van der Waals surface area contributed by atoms with E-state index in [0.717, 1.165) is 49.3 Å². The Kier molecular flexibility index (Phi) is 4.23. The zero-order valence-electron chi connectivity index (χ0n) is 12.6. The molecule has 0 heterocycles. The summed E-state index contributed by atoms with van der Waals surface area (Å²) in [4.78, 5) is 0. The Hall–Kier alpha value is -1.77. The molecule has 1 aliphatic carbocycles. The minimum absolute atomic E-state index is 0.00372. The Balaban J connectivity index is 2.00. The van der Waals surface area contributed by atoms with Gasteiger partial charge in [-0.1, -0.05) is 31.9 Å². The number of hydrogen-bond acceptors (Lipinski definition) is 0. The first-order valence-corrected chi connectivity index (χ1v) is 7.85. The van der Waals surface area contributed by atoms with Gasteiger partial charge >= 0.3 is 0 Å². The van der Waals surface area contributed by atoms with Crippen molar-refractivity contribution in [2.24, 2.45) is 5.92 Å². The van der Waals surface area contributed by atoms with Crippen molar-refractivity contribution in [1.82, 2.24) is 0 Å². The normalized spacial score (nSPS) is 17.4. The largest absolute Gasteiger partial charge is 0.206 e. The lowest BCUT2D eigenvalue weighted by atomic mass is 9.80. The van der Waals surface area contributed by atoms with Crippen LogP contribution in [-0.2, 0) is 12.8 Å². The lowest BCUT2D eigenvalue weighted by Crippen LogP contribution is -2.14. The van der Waals surface area contributed by atoms with Gasteiger partial charge in [0.15, 0.2) is 11.6 Å². The molecule has 3 heteroatoms. The molecular weight excluding hydrogens is 285 g/mol. The summed E-state index contributed by atoms with van der Waals surface area (Å²) >= 11 is 0. The molecule has 1 unspecified atom stereocenters. The lowest BCUT2D eigenvalue weighted by molar-refractivity contribution is 0.421. The molecule has 0 fully saturated rings. The average Bonchev–Trinajstić information content (AvgIpc) is 2.50. The van der Waals surface area contributed by atoms with Crippen molar-refractivity contribution in [3.63, 3.8) is 0 Å². The van der Waals surface area contributed by atoms with E-state index < -0.39 is 17.5 Å². The Morgan fingerprint density at radius 2 is 1.82 bits per heavy atom. The molecule has 2 aromatic carbocycles. The van der Waals surface area contributed by atoms with E-state index in [-0.39, 0.29) is 11.1 Å². The number of halogens is 3. The number of fused-ring (bicyclic) bond motifs is 1. The molecule has 0 spiro atoms. The van der Waals surface area contributed by atoms with E-state index in [4.69, 9.17) is 0 Å². The van der Waals surface area contributed by atoms with E-state index >= 15 is 0 Å². The fourth-order valence-corrected chi connectivity index (χ4v) is 3.43. The average molecular weight is 304 g/mol. The van der Waals surface area contributed by atoms with Crippen molar-refractivity contribution in [2.45, 2.75) is 39.0 Å². The van der Waals surface area contributed by atoms with E-state index in [1.807, 2.05) is 0 Å². The number of benzene rings is 2. The lowest BCUT2D eigenvalue weighted by Gasteiger charge is -2.25. The minimum atomic E-state index is -0.985. The number of rotatable bonds is 3. The van der Waals surface area contributed by atoms with Crippen LogP contribution >= 0.6 is 0 Å². The summed E-state index contributed by atoms with van der Waals surface area (Å²) in [6.45, 7) is 2.16. The number of aryl methyl sites for hydroxylation is 1. The van der Waals surface area contributed by atoms with Gasteiger partial charge in [-0.2, -0.15) is 0 Å². The molecule has 0 N–H and O–H groups in total. The second-order valence-corrected chi connectivity index (χ2v) is 6.10. The van der Waals surface area contributed by atoms with E-state index in [9.17, 15) is 13.2 Å². The molecule has 2 aromatic rings. The van der Waals surface area contributed by atoms with E-state index in [1.54, 1.807) is 6.07 Å². The van der Waals surface area contributed by atoms with Crippen LogP contribution in [0.4, 0.5) is 13.2 Å². The highest BCUT2D eigenvalue weighted by atomic mass is 19.2. The molecule has 1 atom stereocenters.